The van der Waals surface area contributed by atoms with Gasteiger partial charge in [-0.2, -0.15) is 0 Å². The van der Waals surface area contributed by atoms with E-state index in [2.05, 4.69) is 17.9 Å². The first-order valence-electron chi connectivity index (χ1n) is 5.39. The van der Waals surface area contributed by atoms with E-state index in [1.54, 1.807) is 6.07 Å². The lowest BCUT2D eigenvalue weighted by atomic mass is 10.3. The Morgan fingerprint density at radius 3 is 2.44 bits per heavy atom. The van der Waals surface area contributed by atoms with Gasteiger partial charge >= 0.3 is 0 Å². The maximum absolute atomic E-state index is 4.76. The molecular weight excluding hydrogens is 218 g/mol. The first-order chi connectivity index (χ1) is 7.81. The van der Waals surface area contributed by atoms with Gasteiger partial charge in [0.25, 0.3) is 0 Å². The molecule has 0 spiro atoms. The molecule has 0 saturated heterocycles. The fraction of sp³-hybridized carbons (Fsp3) is 0.308. The molecule has 16 heavy (non-hydrogen) atoms. The molecule has 2 nitrogen and oxygen atoms in total. The quantitative estimate of drug-likeness (QED) is 0.630. The number of hydrogen-bond donors (Lipinski definition) is 1. The summed E-state index contributed by atoms with van der Waals surface area (Å²) < 4.78 is 4.76. The van der Waals surface area contributed by atoms with Crippen LogP contribution in [0.3, 0.4) is 0 Å². The van der Waals surface area contributed by atoms with E-state index in [0.717, 1.165) is 10.6 Å². The molecule has 0 aliphatic heterocycles. The Balaban J connectivity index is 0.00000106. The molecule has 0 aliphatic carbocycles. The van der Waals surface area contributed by atoms with Gasteiger partial charge in [-0.1, -0.05) is 32.1 Å². The van der Waals surface area contributed by atoms with Crippen LogP contribution >= 0.6 is 12.9 Å². The molecule has 1 aromatic heterocycles. The van der Waals surface area contributed by atoms with Crippen molar-refractivity contribution < 1.29 is 4.18 Å². The number of hydrogen-bond acceptors (Lipinski definition) is 3. The minimum Gasteiger partial charge on any atom is -0.409 e. The fourth-order valence-corrected chi connectivity index (χ4v) is 1.18. The maximum atomic E-state index is 4.76. The van der Waals surface area contributed by atoms with Crippen LogP contribution in [0.1, 0.15) is 27.7 Å². The molecule has 1 rings (SSSR count). The average molecular weight is 237 g/mol. The van der Waals surface area contributed by atoms with E-state index in [1.165, 1.54) is 0 Å². The van der Waals surface area contributed by atoms with Crippen LogP contribution in [0, 0.1) is 0 Å². The van der Waals surface area contributed by atoms with Crippen molar-refractivity contribution in [2.24, 2.45) is 0 Å². The second kappa shape index (κ2) is 9.04. The molecule has 0 unspecified atom stereocenters. The summed E-state index contributed by atoms with van der Waals surface area (Å²) in [4.78, 5) is 4.26. The summed E-state index contributed by atoms with van der Waals surface area (Å²) in [6.07, 6.45) is 7.84. The number of aromatic nitrogens is 1. The molecular formula is C13H19NOS. The van der Waals surface area contributed by atoms with Gasteiger partial charge in [0.1, 0.15) is 0 Å². The highest BCUT2D eigenvalue weighted by molar-refractivity contribution is 7.75. The molecule has 0 radical (unpaired) electrons. The van der Waals surface area contributed by atoms with Crippen molar-refractivity contribution in [1.82, 2.24) is 4.98 Å². The van der Waals surface area contributed by atoms with Crippen LogP contribution in [-0.4, -0.2) is 4.98 Å². The van der Waals surface area contributed by atoms with Gasteiger partial charge in [-0.3, -0.25) is 0 Å². The molecule has 0 N–H and O–H groups in total. The Hall–Kier alpha value is -1.22. The van der Waals surface area contributed by atoms with Crippen LogP contribution in [0.15, 0.2) is 24.3 Å². The van der Waals surface area contributed by atoms with Crippen molar-refractivity contribution >= 4 is 25.1 Å². The largest absolute Gasteiger partial charge is 0.409 e. The molecule has 0 bridgehead atoms. The third-order valence-corrected chi connectivity index (χ3v) is 1.97. The van der Waals surface area contributed by atoms with Crippen molar-refractivity contribution in [2.45, 2.75) is 27.7 Å². The minimum absolute atomic E-state index is 0.509. The van der Waals surface area contributed by atoms with Gasteiger partial charge in [0.15, 0.2) is 0 Å². The van der Waals surface area contributed by atoms with Crippen molar-refractivity contribution in [2.75, 3.05) is 0 Å². The van der Waals surface area contributed by atoms with E-state index < -0.39 is 0 Å². The van der Waals surface area contributed by atoms with E-state index >= 15 is 0 Å². The summed E-state index contributed by atoms with van der Waals surface area (Å²) in [6.45, 7) is 7.94. The van der Waals surface area contributed by atoms with Crippen LogP contribution in [0.25, 0.3) is 12.2 Å². The number of allylic oxidation sites excluding steroid dienone is 2. The standard InChI is InChI=1S/C11H13NOS.C2H6/c1-3-5-6-10-9(4-2)7-8-11(12-10)13-14;1-2/h3-8,14H,1-2H3;1-2H3/b5-3-,9-4-,10-6+;. The van der Waals surface area contributed by atoms with Gasteiger partial charge in [0.2, 0.25) is 5.88 Å². The summed E-state index contributed by atoms with van der Waals surface area (Å²) >= 11 is 3.71. The molecule has 1 aromatic rings. The van der Waals surface area contributed by atoms with Crippen LogP contribution in [0.4, 0.5) is 0 Å². The Labute approximate surface area is 103 Å². The van der Waals surface area contributed by atoms with Crippen molar-refractivity contribution in [3.63, 3.8) is 0 Å². The van der Waals surface area contributed by atoms with Gasteiger partial charge in [-0.05, 0) is 31.2 Å². The summed E-state index contributed by atoms with van der Waals surface area (Å²) in [5.41, 5.74) is 0. The van der Waals surface area contributed by atoms with Crippen LogP contribution < -0.4 is 14.8 Å². The predicted molar refractivity (Wildman–Crippen MR) is 73.9 cm³/mol. The van der Waals surface area contributed by atoms with Crippen molar-refractivity contribution in [1.29, 1.82) is 0 Å². The third-order valence-electron chi connectivity index (χ3n) is 1.78. The Bertz CT molecular complexity index is 438. The molecule has 88 valence electrons. The average Bonchev–Trinajstić information content (AvgIpc) is 2.38. The van der Waals surface area contributed by atoms with Gasteiger partial charge in [0, 0.05) is 19.0 Å². The first kappa shape index (κ1) is 14.8. The highest BCUT2D eigenvalue weighted by Gasteiger charge is 1.91. The molecule has 0 atom stereocenters. The minimum atomic E-state index is 0.509. The molecule has 3 heteroatoms. The zero-order chi connectivity index (χ0) is 12.4. The molecule has 0 fully saturated rings. The Morgan fingerprint density at radius 2 is 1.94 bits per heavy atom. The highest BCUT2D eigenvalue weighted by Crippen LogP contribution is 2.00. The van der Waals surface area contributed by atoms with Crippen LogP contribution in [0.2, 0.25) is 0 Å². The van der Waals surface area contributed by atoms with Gasteiger partial charge in [-0.25, -0.2) is 4.98 Å². The number of pyridine rings is 1. The summed E-state index contributed by atoms with van der Waals surface area (Å²) in [5.74, 6) is 0.509. The lowest BCUT2D eigenvalue weighted by Crippen LogP contribution is -2.27. The van der Waals surface area contributed by atoms with E-state index in [-0.39, 0.29) is 0 Å². The number of nitrogens with zero attached hydrogens (tertiary/aromatic N) is 1. The van der Waals surface area contributed by atoms with E-state index in [0.29, 0.717) is 5.88 Å². The van der Waals surface area contributed by atoms with Gasteiger partial charge in [0.05, 0.1) is 5.35 Å². The summed E-state index contributed by atoms with van der Waals surface area (Å²) in [6, 6.07) is 3.74. The third kappa shape index (κ3) is 4.53. The molecule has 0 saturated carbocycles. The SMILES string of the molecule is CC.C\C=C/C=c1/nc(OS)cc/c1=C/C. The Kier molecular flexibility index (Phi) is 8.35. The monoisotopic (exact) mass is 237 g/mol. The normalized spacial score (nSPS) is 12.6. The summed E-state index contributed by atoms with van der Waals surface area (Å²) in [7, 11) is 0. The van der Waals surface area contributed by atoms with Gasteiger partial charge < -0.3 is 4.18 Å². The van der Waals surface area contributed by atoms with Crippen LogP contribution in [0.5, 0.6) is 5.88 Å². The van der Waals surface area contributed by atoms with E-state index in [4.69, 9.17) is 4.18 Å². The summed E-state index contributed by atoms with van der Waals surface area (Å²) in [5, 5.41) is 1.97. The fourth-order valence-electron chi connectivity index (χ4n) is 1.08. The number of thiol groups is 1. The second-order valence-electron chi connectivity index (χ2n) is 2.70. The lowest BCUT2D eigenvalue weighted by Gasteiger charge is -1.95. The molecule has 1 heterocycles. The Morgan fingerprint density at radius 1 is 1.25 bits per heavy atom. The smallest absolute Gasteiger partial charge is 0.228 e. The molecule has 0 aromatic carbocycles. The topological polar surface area (TPSA) is 22.1 Å². The number of rotatable bonds is 2. The van der Waals surface area contributed by atoms with Crippen LogP contribution in [-0.2, 0) is 0 Å². The van der Waals surface area contributed by atoms with E-state index in [9.17, 15) is 0 Å². The predicted octanol–water partition coefficient (Wildman–Crippen LogP) is 2.49. The highest BCUT2D eigenvalue weighted by atomic mass is 32.1. The molecule has 0 amide bonds. The second-order valence-corrected chi connectivity index (χ2v) is 2.88. The van der Waals surface area contributed by atoms with Crippen molar-refractivity contribution in [3.05, 3.63) is 34.9 Å². The zero-order valence-electron chi connectivity index (χ0n) is 10.3. The van der Waals surface area contributed by atoms with Crippen molar-refractivity contribution in [3.8, 4) is 5.88 Å². The zero-order valence-corrected chi connectivity index (χ0v) is 11.2. The van der Waals surface area contributed by atoms with Gasteiger partial charge in [-0.15, -0.1) is 0 Å². The molecule has 0 aliphatic rings. The first-order valence-corrected chi connectivity index (χ1v) is 5.76. The van der Waals surface area contributed by atoms with E-state index in [1.807, 2.05) is 58.1 Å². The maximum Gasteiger partial charge on any atom is 0.228 e. The lowest BCUT2D eigenvalue weighted by molar-refractivity contribution is 0.624.